The molecule has 0 bridgehead atoms. The summed E-state index contributed by atoms with van der Waals surface area (Å²) in [5.41, 5.74) is 6.21. The van der Waals surface area contributed by atoms with Crippen molar-refractivity contribution in [2.45, 2.75) is 32.7 Å². The Bertz CT molecular complexity index is 1870. The van der Waals surface area contributed by atoms with Crippen molar-refractivity contribution in [1.82, 2.24) is 19.7 Å². The fourth-order valence-corrected chi connectivity index (χ4v) is 6.61. The van der Waals surface area contributed by atoms with Crippen LogP contribution in [-0.4, -0.2) is 58.3 Å². The fraction of sp³-hybridized carbons (Fsp3) is 0.324. The summed E-state index contributed by atoms with van der Waals surface area (Å²) >= 11 is 7.10. The molecule has 1 N–H and O–H groups in total. The number of halogens is 1. The number of nitrogens with zero attached hydrogens (tertiary/aromatic N) is 4. The first-order valence-corrected chi connectivity index (χ1v) is 15.3. The number of carbonyl (C=O) groups is 2. The van der Waals surface area contributed by atoms with Gasteiger partial charge in [0.1, 0.15) is 5.56 Å². The van der Waals surface area contributed by atoms with E-state index in [-0.39, 0.29) is 23.5 Å². The Labute approximate surface area is 265 Å². The molecule has 6 rings (SSSR count). The second-order valence-corrected chi connectivity index (χ2v) is 11.7. The third-order valence-electron chi connectivity index (χ3n) is 8.69. The number of methoxy groups -OCH3 is 1. The van der Waals surface area contributed by atoms with E-state index in [2.05, 4.69) is 21.4 Å². The minimum atomic E-state index is -0.513. The summed E-state index contributed by atoms with van der Waals surface area (Å²) in [6.45, 7) is 5.45. The highest BCUT2D eigenvalue weighted by Crippen LogP contribution is 2.46. The van der Waals surface area contributed by atoms with E-state index in [1.165, 1.54) is 19.3 Å². The maximum atomic E-state index is 13.0. The molecule has 2 aromatic carbocycles. The summed E-state index contributed by atoms with van der Waals surface area (Å²) in [5, 5.41) is 7.28. The summed E-state index contributed by atoms with van der Waals surface area (Å²) in [6, 6.07) is 15.0. The van der Waals surface area contributed by atoms with E-state index in [0.29, 0.717) is 42.0 Å². The number of fused-ring (bicyclic) bond motifs is 1. The van der Waals surface area contributed by atoms with Crippen LogP contribution in [-0.2, 0) is 23.0 Å². The lowest BCUT2D eigenvalue weighted by molar-refractivity contribution is -0.155. The first kappa shape index (κ1) is 30.5. The maximum absolute atomic E-state index is 13.0. The van der Waals surface area contributed by atoms with E-state index >= 15 is 0 Å². The van der Waals surface area contributed by atoms with Crippen molar-refractivity contribution < 1.29 is 19.1 Å². The van der Waals surface area contributed by atoms with Gasteiger partial charge in [0.05, 0.1) is 30.4 Å². The average molecular weight is 628 g/mol. The molecule has 1 aliphatic heterocycles. The van der Waals surface area contributed by atoms with Crippen LogP contribution in [0.5, 0.6) is 5.88 Å². The number of amides is 1. The average Bonchev–Trinajstić information content (AvgIpc) is 3.42. The van der Waals surface area contributed by atoms with Gasteiger partial charge in [-0.2, -0.15) is 5.10 Å². The molecule has 3 heterocycles. The molecular formula is C34H34ClN5O5. The van der Waals surface area contributed by atoms with Crippen molar-refractivity contribution in [3.05, 3.63) is 92.4 Å². The number of benzene rings is 2. The molecule has 4 aromatic rings. The third-order valence-corrected chi connectivity index (χ3v) is 9.10. The van der Waals surface area contributed by atoms with Gasteiger partial charge in [0.2, 0.25) is 5.88 Å². The summed E-state index contributed by atoms with van der Waals surface area (Å²) in [6.07, 6.45) is 3.20. The van der Waals surface area contributed by atoms with Gasteiger partial charge in [0.25, 0.3) is 11.5 Å². The number of likely N-dealkylation sites (tertiary alicyclic amines) is 1. The zero-order valence-electron chi connectivity index (χ0n) is 25.6. The van der Waals surface area contributed by atoms with Gasteiger partial charge < -0.3 is 14.8 Å². The number of anilines is 1. The second kappa shape index (κ2) is 12.5. The quantitative estimate of drug-likeness (QED) is 0.265. The standard InChI is InChI=1S/C34H34ClN5O5/c1-5-45-34(43)21-17-40(18-21)28-13-12-20-16-27(38-32(44-4)29(20)28)24-10-6-9-23(30(24)35)22-8-7-11-26(19(22)2)37-31(41)25-14-15-36-39(3)33(25)42/h6-11,14-16,21,28H,5,12-13,17-18H2,1-4H3,(H,37,41)/t28-/m1/s1. The van der Waals surface area contributed by atoms with Gasteiger partial charge in [-0.05, 0) is 61.6 Å². The molecule has 2 aliphatic rings. The van der Waals surface area contributed by atoms with E-state index < -0.39 is 11.5 Å². The number of carbonyl (C=O) groups excluding carboxylic acids is 2. The monoisotopic (exact) mass is 627 g/mol. The highest BCUT2D eigenvalue weighted by molar-refractivity contribution is 6.36. The minimum Gasteiger partial charge on any atom is -0.481 e. The molecule has 0 radical (unpaired) electrons. The van der Waals surface area contributed by atoms with Crippen molar-refractivity contribution in [3.63, 3.8) is 0 Å². The molecule has 0 spiro atoms. The number of aromatic nitrogens is 3. The molecule has 2 aromatic heterocycles. The highest BCUT2D eigenvalue weighted by atomic mass is 35.5. The lowest BCUT2D eigenvalue weighted by atomic mass is 9.94. The minimum absolute atomic E-state index is 0.00382. The highest BCUT2D eigenvalue weighted by Gasteiger charge is 2.42. The van der Waals surface area contributed by atoms with Crippen molar-refractivity contribution >= 4 is 29.2 Å². The van der Waals surface area contributed by atoms with E-state index in [1.807, 2.05) is 44.2 Å². The Morgan fingerprint density at radius 2 is 1.82 bits per heavy atom. The lowest BCUT2D eigenvalue weighted by Gasteiger charge is -2.42. The first-order valence-electron chi connectivity index (χ1n) is 14.9. The predicted molar refractivity (Wildman–Crippen MR) is 172 cm³/mol. The Balaban J connectivity index is 1.29. The number of hydrogen-bond acceptors (Lipinski definition) is 8. The topological polar surface area (TPSA) is 116 Å². The van der Waals surface area contributed by atoms with Crippen molar-refractivity contribution in [2.75, 3.05) is 32.1 Å². The largest absolute Gasteiger partial charge is 0.481 e. The van der Waals surface area contributed by atoms with Crippen LogP contribution in [0.25, 0.3) is 22.4 Å². The van der Waals surface area contributed by atoms with Crippen LogP contribution in [0.15, 0.2) is 59.5 Å². The van der Waals surface area contributed by atoms with Gasteiger partial charge in [-0.15, -0.1) is 0 Å². The Morgan fingerprint density at radius 3 is 2.58 bits per heavy atom. The lowest BCUT2D eigenvalue weighted by Crippen LogP contribution is -2.51. The molecule has 10 nitrogen and oxygen atoms in total. The molecule has 232 valence electrons. The smallest absolute Gasteiger partial charge is 0.311 e. The number of aryl methyl sites for hydroxylation is 2. The molecule has 1 amide bonds. The van der Waals surface area contributed by atoms with Gasteiger partial charge in [0, 0.05) is 54.8 Å². The number of pyridine rings is 1. The van der Waals surface area contributed by atoms with E-state index in [9.17, 15) is 14.4 Å². The van der Waals surface area contributed by atoms with Gasteiger partial charge in [-0.25, -0.2) is 9.67 Å². The van der Waals surface area contributed by atoms with Crippen molar-refractivity contribution in [2.24, 2.45) is 13.0 Å². The van der Waals surface area contributed by atoms with Crippen LogP contribution in [0.1, 0.15) is 46.4 Å². The number of ether oxygens (including phenoxy) is 2. The Hall–Kier alpha value is -4.54. The maximum Gasteiger partial charge on any atom is 0.311 e. The SMILES string of the molecule is CCOC(=O)C1CN([C@@H]2CCc3cc(-c4cccc(-c5cccc(NC(=O)c6ccnn(C)c6=O)c5C)c4Cl)nc(OC)c32)C1. The van der Waals surface area contributed by atoms with Crippen molar-refractivity contribution in [3.8, 4) is 28.3 Å². The van der Waals surface area contributed by atoms with Crippen LogP contribution in [0, 0.1) is 12.8 Å². The number of nitrogens with one attached hydrogen (secondary N) is 1. The summed E-state index contributed by atoms with van der Waals surface area (Å²) in [5.74, 6) is -0.175. The number of esters is 1. The van der Waals surface area contributed by atoms with Gasteiger partial charge >= 0.3 is 5.97 Å². The van der Waals surface area contributed by atoms with Crippen LogP contribution in [0.4, 0.5) is 5.69 Å². The van der Waals surface area contributed by atoms with Crippen LogP contribution >= 0.6 is 11.6 Å². The molecule has 11 heteroatoms. The molecule has 0 saturated carbocycles. The molecular weight excluding hydrogens is 594 g/mol. The van der Waals surface area contributed by atoms with Crippen LogP contribution in [0.3, 0.4) is 0 Å². The molecule has 1 aliphatic carbocycles. The van der Waals surface area contributed by atoms with E-state index in [4.69, 9.17) is 26.1 Å². The Morgan fingerprint density at radius 1 is 1.09 bits per heavy atom. The summed E-state index contributed by atoms with van der Waals surface area (Å²) in [4.78, 5) is 44.8. The Kier molecular flexibility index (Phi) is 8.44. The normalized spacial score (nSPS) is 16.2. The molecule has 45 heavy (non-hydrogen) atoms. The van der Waals surface area contributed by atoms with Crippen LogP contribution < -0.4 is 15.6 Å². The fourth-order valence-electron chi connectivity index (χ4n) is 6.29. The number of hydrogen-bond donors (Lipinski definition) is 1. The molecule has 1 saturated heterocycles. The molecule has 1 atom stereocenters. The summed E-state index contributed by atoms with van der Waals surface area (Å²) < 4.78 is 12.1. The zero-order valence-corrected chi connectivity index (χ0v) is 26.4. The zero-order chi connectivity index (χ0) is 31.8. The number of rotatable bonds is 8. The van der Waals surface area contributed by atoms with E-state index in [1.54, 1.807) is 13.2 Å². The third kappa shape index (κ3) is 5.60. The van der Waals surface area contributed by atoms with Gasteiger partial charge in [-0.1, -0.05) is 41.9 Å². The summed E-state index contributed by atoms with van der Waals surface area (Å²) in [7, 11) is 3.13. The van der Waals surface area contributed by atoms with E-state index in [0.717, 1.165) is 50.9 Å². The van der Waals surface area contributed by atoms with Crippen molar-refractivity contribution in [1.29, 1.82) is 0 Å². The molecule has 1 fully saturated rings. The predicted octanol–water partition coefficient (Wildman–Crippen LogP) is 5.21. The van der Waals surface area contributed by atoms with Gasteiger partial charge in [-0.3, -0.25) is 19.3 Å². The van der Waals surface area contributed by atoms with Gasteiger partial charge in [0.15, 0.2) is 0 Å². The van der Waals surface area contributed by atoms with Crippen LogP contribution in [0.2, 0.25) is 5.02 Å². The second-order valence-electron chi connectivity index (χ2n) is 11.3. The first-order chi connectivity index (χ1) is 21.7. The molecule has 0 unspecified atom stereocenters.